The first-order valence-corrected chi connectivity index (χ1v) is 8.95. The van der Waals surface area contributed by atoms with Crippen LogP contribution in [0.15, 0.2) is 36.5 Å². The van der Waals surface area contributed by atoms with Gasteiger partial charge in [-0.2, -0.15) is 10.2 Å². The predicted molar refractivity (Wildman–Crippen MR) is 105 cm³/mol. The zero-order valence-electron chi connectivity index (χ0n) is 16.3. The molecule has 8 heteroatoms. The molecule has 3 aromatic rings. The van der Waals surface area contributed by atoms with Crippen LogP contribution in [0, 0.1) is 20.8 Å². The SMILES string of the molecule is Cc1ccccc1Cn1nc(C)c(NC(=O)C(C)n2ccc(C(=O)O)n2)c1C. The molecule has 146 valence electrons. The average molecular weight is 381 g/mol. The molecule has 0 bridgehead atoms. The summed E-state index contributed by atoms with van der Waals surface area (Å²) in [4.78, 5) is 23.6. The van der Waals surface area contributed by atoms with Gasteiger partial charge in [-0.25, -0.2) is 4.79 Å². The van der Waals surface area contributed by atoms with Gasteiger partial charge in [0.25, 0.3) is 0 Å². The Labute approximate surface area is 162 Å². The molecule has 28 heavy (non-hydrogen) atoms. The van der Waals surface area contributed by atoms with Gasteiger partial charge in [-0.3, -0.25) is 14.2 Å². The molecule has 2 heterocycles. The summed E-state index contributed by atoms with van der Waals surface area (Å²) in [6.45, 7) is 8.09. The number of rotatable bonds is 6. The van der Waals surface area contributed by atoms with Gasteiger partial charge in [0.05, 0.1) is 23.6 Å². The lowest BCUT2D eigenvalue weighted by atomic mass is 10.1. The smallest absolute Gasteiger partial charge is 0.356 e. The van der Waals surface area contributed by atoms with Crippen LogP contribution in [0.4, 0.5) is 5.69 Å². The lowest BCUT2D eigenvalue weighted by Gasteiger charge is -2.13. The molecule has 0 aliphatic heterocycles. The van der Waals surface area contributed by atoms with E-state index in [-0.39, 0.29) is 11.6 Å². The largest absolute Gasteiger partial charge is 0.476 e. The fraction of sp³-hybridized carbons (Fsp3) is 0.300. The highest BCUT2D eigenvalue weighted by Gasteiger charge is 2.21. The van der Waals surface area contributed by atoms with Crippen LogP contribution in [0.3, 0.4) is 0 Å². The molecule has 2 aromatic heterocycles. The van der Waals surface area contributed by atoms with Gasteiger partial charge >= 0.3 is 5.97 Å². The number of carboxylic acid groups (broad SMARTS) is 1. The first-order chi connectivity index (χ1) is 13.3. The summed E-state index contributed by atoms with van der Waals surface area (Å²) in [6, 6.07) is 8.81. The highest BCUT2D eigenvalue weighted by Crippen LogP contribution is 2.22. The Balaban J connectivity index is 1.78. The fourth-order valence-corrected chi connectivity index (χ4v) is 3.00. The Morgan fingerprint density at radius 3 is 2.50 bits per heavy atom. The van der Waals surface area contributed by atoms with E-state index in [4.69, 9.17) is 5.11 Å². The summed E-state index contributed by atoms with van der Waals surface area (Å²) >= 11 is 0. The van der Waals surface area contributed by atoms with Gasteiger partial charge in [0.2, 0.25) is 5.91 Å². The van der Waals surface area contributed by atoms with Gasteiger partial charge in [-0.05, 0) is 44.9 Å². The van der Waals surface area contributed by atoms with Gasteiger partial charge in [0.1, 0.15) is 6.04 Å². The third kappa shape index (κ3) is 3.80. The zero-order valence-corrected chi connectivity index (χ0v) is 16.3. The van der Waals surface area contributed by atoms with Crippen LogP contribution in [0.5, 0.6) is 0 Å². The summed E-state index contributed by atoms with van der Waals surface area (Å²) in [6.07, 6.45) is 1.48. The quantitative estimate of drug-likeness (QED) is 0.683. The van der Waals surface area contributed by atoms with Crippen LogP contribution in [0.2, 0.25) is 0 Å². The fourth-order valence-electron chi connectivity index (χ4n) is 3.00. The maximum atomic E-state index is 12.7. The molecule has 3 rings (SSSR count). The molecule has 0 spiro atoms. The van der Waals surface area contributed by atoms with Gasteiger partial charge in [-0.15, -0.1) is 0 Å². The number of carbonyl (C=O) groups is 2. The molecular formula is C20H23N5O3. The van der Waals surface area contributed by atoms with E-state index in [2.05, 4.69) is 34.6 Å². The summed E-state index contributed by atoms with van der Waals surface area (Å²) in [7, 11) is 0. The van der Waals surface area contributed by atoms with Crippen LogP contribution in [0.25, 0.3) is 0 Å². The van der Waals surface area contributed by atoms with E-state index in [0.717, 1.165) is 17.0 Å². The minimum absolute atomic E-state index is 0.0990. The summed E-state index contributed by atoms with van der Waals surface area (Å²) in [5, 5.41) is 20.4. The topological polar surface area (TPSA) is 102 Å². The number of hydrogen-bond acceptors (Lipinski definition) is 4. The molecule has 1 atom stereocenters. The molecule has 0 aliphatic carbocycles. The molecule has 1 unspecified atom stereocenters. The van der Waals surface area contributed by atoms with Crippen molar-refractivity contribution in [3.8, 4) is 0 Å². The first-order valence-electron chi connectivity index (χ1n) is 8.95. The number of anilines is 1. The summed E-state index contributed by atoms with van der Waals surface area (Å²) in [5.74, 6) is -1.42. The number of carboxylic acids is 1. The van der Waals surface area contributed by atoms with Crippen molar-refractivity contribution in [3.63, 3.8) is 0 Å². The van der Waals surface area contributed by atoms with Gasteiger partial charge in [0.15, 0.2) is 5.69 Å². The Hall–Kier alpha value is -3.42. The maximum absolute atomic E-state index is 12.7. The van der Waals surface area contributed by atoms with E-state index in [1.807, 2.05) is 30.7 Å². The zero-order chi connectivity index (χ0) is 20.4. The van der Waals surface area contributed by atoms with Crippen molar-refractivity contribution in [3.05, 3.63) is 64.7 Å². The van der Waals surface area contributed by atoms with E-state index in [1.54, 1.807) is 6.92 Å². The Kier molecular flexibility index (Phi) is 5.30. The second kappa shape index (κ2) is 7.67. The molecule has 0 saturated heterocycles. The number of aryl methyl sites for hydroxylation is 2. The van der Waals surface area contributed by atoms with Crippen LogP contribution >= 0.6 is 0 Å². The maximum Gasteiger partial charge on any atom is 0.356 e. The number of aromatic nitrogens is 4. The van der Waals surface area contributed by atoms with Crippen molar-refractivity contribution in [1.29, 1.82) is 0 Å². The van der Waals surface area contributed by atoms with E-state index >= 15 is 0 Å². The minimum Gasteiger partial charge on any atom is -0.476 e. The number of amides is 1. The predicted octanol–water partition coefficient (Wildman–Crippen LogP) is 2.95. The number of nitrogens with one attached hydrogen (secondary N) is 1. The normalized spacial score (nSPS) is 12.0. The van der Waals surface area contributed by atoms with Crippen LogP contribution in [-0.4, -0.2) is 36.5 Å². The van der Waals surface area contributed by atoms with E-state index in [9.17, 15) is 9.59 Å². The van der Waals surface area contributed by atoms with E-state index in [0.29, 0.717) is 12.2 Å². The van der Waals surface area contributed by atoms with E-state index in [1.165, 1.54) is 22.5 Å². The molecule has 0 radical (unpaired) electrons. The van der Waals surface area contributed by atoms with E-state index < -0.39 is 12.0 Å². The minimum atomic E-state index is -1.13. The van der Waals surface area contributed by atoms with Crippen molar-refractivity contribution in [2.24, 2.45) is 0 Å². The molecule has 1 aromatic carbocycles. The number of aromatic carboxylic acids is 1. The average Bonchev–Trinajstić information content (AvgIpc) is 3.24. The number of benzene rings is 1. The van der Waals surface area contributed by atoms with Crippen molar-refractivity contribution in [2.75, 3.05) is 5.32 Å². The lowest BCUT2D eigenvalue weighted by molar-refractivity contribution is -0.119. The second-order valence-corrected chi connectivity index (χ2v) is 6.78. The molecule has 2 N–H and O–H groups in total. The third-order valence-corrected chi connectivity index (χ3v) is 4.81. The van der Waals surface area contributed by atoms with Crippen LogP contribution in [0.1, 0.15) is 46.0 Å². The molecule has 0 aliphatic rings. The molecule has 1 amide bonds. The summed E-state index contributed by atoms with van der Waals surface area (Å²) < 4.78 is 3.20. The van der Waals surface area contributed by atoms with Gasteiger partial charge < -0.3 is 10.4 Å². The molecular weight excluding hydrogens is 358 g/mol. The highest BCUT2D eigenvalue weighted by molar-refractivity contribution is 5.94. The van der Waals surface area contributed by atoms with Crippen LogP contribution in [-0.2, 0) is 11.3 Å². The van der Waals surface area contributed by atoms with Crippen molar-refractivity contribution in [2.45, 2.75) is 40.3 Å². The highest BCUT2D eigenvalue weighted by atomic mass is 16.4. The van der Waals surface area contributed by atoms with Crippen molar-refractivity contribution >= 4 is 17.6 Å². The third-order valence-electron chi connectivity index (χ3n) is 4.81. The number of nitrogens with zero attached hydrogens (tertiary/aromatic N) is 4. The molecule has 0 saturated carbocycles. The van der Waals surface area contributed by atoms with Gasteiger partial charge in [-0.1, -0.05) is 24.3 Å². The monoisotopic (exact) mass is 381 g/mol. The lowest BCUT2D eigenvalue weighted by Crippen LogP contribution is -2.25. The molecule has 8 nitrogen and oxygen atoms in total. The Morgan fingerprint density at radius 1 is 1.14 bits per heavy atom. The summed E-state index contributed by atoms with van der Waals surface area (Å²) in [5.41, 5.74) is 4.49. The molecule has 0 fully saturated rings. The second-order valence-electron chi connectivity index (χ2n) is 6.78. The Bertz CT molecular complexity index is 1030. The standard InChI is InChI=1S/C20H23N5O3/c1-12-7-5-6-8-16(12)11-25-14(3)18(13(2)22-25)21-19(26)15(4)24-10-9-17(23-24)20(27)28/h5-10,15H,11H2,1-4H3,(H,21,26)(H,27,28). The first kappa shape index (κ1) is 19.3. The Morgan fingerprint density at radius 2 is 1.86 bits per heavy atom. The number of hydrogen-bond donors (Lipinski definition) is 2. The van der Waals surface area contributed by atoms with Crippen molar-refractivity contribution in [1.82, 2.24) is 19.6 Å². The van der Waals surface area contributed by atoms with Gasteiger partial charge in [0, 0.05) is 6.20 Å². The van der Waals surface area contributed by atoms with Crippen molar-refractivity contribution < 1.29 is 14.7 Å². The van der Waals surface area contributed by atoms with Crippen LogP contribution < -0.4 is 5.32 Å². The number of carbonyl (C=O) groups excluding carboxylic acids is 1.